The first-order chi connectivity index (χ1) is 13.4. The average molecular weight is 401 g/mol. The van der Waals surface area contributed by atoms with Crippen molar-refractivity contribution < 1.29 is 9.59 Å². The van der Waals surface area contributed by atoms with Crippen LogP contribution in [0, 0.1) is 12.8 Å². The Labute approximate surface area is 170 Å². The van der Waals surface area contributed by atoms with Crippen LogP contribution in [0.5, 0.6) is 0 Å². The smallest absolute Gasteiger partial charge is 0.319 e. The fraction of sp³-hybridized carbons (Fsp3) is 0.476. The number of hydrogen-bond acceptors (Lipinski definition) is 4. The van der Waals surface area contributed by atoms with E-state index in [4.69, 9.17) is 0 Å². The zero-order valence-electron chi connectivity index (χ0n) is 16.8. The van der Waals surface area contributed by atoms with Gasteiger partial charge in [0.2, 0.25) is 5.91 Å². The minimum absolute atomic E-state index is 0.0205. The lowest BCUT2D eigenvalue weighted by atomic mass is 9.97. The zero-order valence-corrected chi connectivity index (χ0v) is 17.6. The summed E-state index contributed by atoms with van der Waals surface area (Å²) in [7, 11) is 3.49. The van der Waals surface area contributed by atoms with E-state index >= 15 is 0 Å². The molecule has 3 rings (SSSR count). The number of carbonyl (C=O) groups is 2. The SMILES string of the molecule is Cc1nc(-c2ccc(CCNC(=O)[C@H]3CCCN(C(=O)N(C)C)C3)cc2)cs1. The fourth-order valence-corrected chi connectivity index (χ4v) is 4.08. The number of nitrogens with one attached hydrogen (secondary N) is 1. The van der Waals surface area contributed by atoms with Crippen LogP contribution >= 0.6 is 11.3 Å². The van der Waals surface area contributed by atoms with Gasteiger partial charge < -0.3 is 15.1 Å². The Morgan fingerprint density at radius 1 is 1.29 bits per heavy atom. The Morgan fingerprint density at radius 2 is 2.04 bits per heavy atom. The summed E-state index contributed by atoms with van der Waals surface area (Å²) < 4.78 is 0. The number of aryl methyl sites for hydroxylation is 1. The Morgan fingerprint density at radius 3 is 2.68 bits per heavy atom. The highest BCUT2D eigenvalue weighted by molar-refractivity contribution is 7.09. The van der Waals surface area contributed by atoms with Gasteiger partial charge in [-0.15, -0.1) is 11.3 Å². The number of carbonyl (C=O) groups excluding carboxylic acids is 2. The first kappa shape index (κ1) is 20.3. The first-order valence-electron chi connectivity index (χ1n) is 9.69. The number of amides is 3. The molecule has 0 aliphatic carbocycles. The average Bonchev–Trinajstić information content (AvgIpc) is 3.14. The normalized spacial score (nSPS) is 16.7. The molecule has 2 aromatic rings. The van der Waals surface area contributed by atoms with E-state index in [9.17, 15) is 9.59 Å². The van der Waals surface area contributed by atoms with E-state index in [0.29, 0.717) is 13.1 Å². The van der Waals surface area contributed by atoms with Crippen molar-refractivity contribution >= 4 is 23.3 Å². The Balaban J connectivity index is 1.46. The van der Waals surface area contributed by atoms with E-state index in [1.54, 1.807) is 35.2 Å². The van der Waals surface area contributed by atoms with Crippen molar-refractivity contribution in [1.82, 2.24) is 20.1 Å². The molecule has 3 amide bonds. The van der Waals surface area contributed by atoms with Crippen LogP contribution in [0.25, 0.3) is 11.3 Å². The number of hydrogen-bond donors (Lipinski definition) is 1. The summed E-state index contributed by atoms with van der Waals surface area (Å²) in [6.07, 6.45) is 2.50. The summed E-state index contributed by atoms with van der Waals surface area (Å²) in [5.74, 6) is -0.0706. The standard InChI is InChI=1S/C21H28N4O2S/c1-15-23-19(14-28-15)17-8-6-16(7-9-17)10-11-22-20(26)18-5-4-12-25(13-18)21(27)24(2)3/h6-9,14,18H,4-5,10-13H2,1-3H3,(H,22,26)/t18-/m0/s1. The lowest BCUT2D eigenvalue weighted by Gasteiger charge is -2.33. The highest BCUT2D eigenvalue weighted by Gasteiger charge is 2.28. The van der Waals surface area contributed by atoms with E-state index in [2.05, 4.69) is 39.9 Å². The van der Waals surface area contributed by atoms with Crippen molar-refractivity contribution in [3.8, 4) is 11.3 Å². The third-order valence-corrected chi connectivity index (χ3v) is 5.80. The van der Waals surface area contributed by atoms with Crippen LogP contribution in [0.15, 0.2) is 29.6 Å². The van der Waals surface area contributed by atoms with E-state index in [-0.39, 0.29) is 17.9 Å². The maximum atomic E-state index is 12.5. The van der Waals surface area contributed by atoms with Crippen molar-refractivity contribution in [3.05, 3.63) is 40.2 Å². The quantitative estimate of drug-likeness (QED) is 0.838. The third kappa shape index (κ3) is 5.10. The molecule has 1 aliphatic rings. The molecule has 0 saturated carbocycles. The highest BCUT2D eigenvalue weighted by Crippen LogP contribution is 2.22. The molecule has 1 aromatic heterocycles. The molecular formula is C21H28N4O2S. The second-order valence-electron chi connectivity index (χ2n) is 7.45. The van der Waals surface area contributed by atoms with Crippen LogP contribution < -0.4 is 5.32 Å². The van der Waals surface area contributed by atoms with Crippen LogP contribution in [0.2, 0.25) is 0 Å². The van der Waals surface area contributed by atoms with Crippen LogP contribution in [-0.4, -0.2) is 60.5 Å². The zero-order chi connectivity index (χ0) is 20.1. The number of likely N-dealkylation sites (tertiary alicyclic amines) is 1. The lowest BCUT2D eigenvalue weighted by molar-refractivity contribution is -0.126. The predicted molar refractivity (Wildman–Crippen MR) is 112 cm³/mol. The molecule has 1 aromatic carbocycles. The maximum Gasteiger partial charge on any atom is 0.319 e. The topological polar surface area (TPSA) is 65.5 Å². The first-order valence-corrected chi connectivity index (χ1v) is 10.6. The van der Waals surface area contributed by atoms with Crippen LogP contribution in [-0.2, 0) is 11.2 Å². The second kappa shape index (κ2) is 9.19. The van der Waals surface area contributed by atoms with Crippen LogP contribution in [0.1, 0.15) is 23.4 Å². The highest BCUT2D eigenvalue weighted by atomic mass is 32.1. The molecule has 0 unspecified atom stereocenters. The summed E-state index contributed by atoms with van der Waals surface area (Å²) in [6.45, 7) is 3.84. The largest absolute Gasteiger partial charge is 0.355 e. The van der Waals surface area contributed by atoms with Gasteiger partial charge in [0, 0.05) is 44.7 Å². The number of thiazole rings is 1. The summed E-state index contributed by atoms with van der Waals surface area (Å²) in [6, 6.07) is 8.32. The molecule has 6 nitrogen and oxygen atoms in total. The Bertz CT molecular complexity index is 816. The van der Waals surface area contributed by atoms with Gasteiger partial charge in [-0.25, -0.2) is 9.78 Å². The molecule has 150 valence electrons. The number of aromatic nitrogens is 1. The third-order valence-electron chi connectivity index (χ3n) is 5.03. The molecule has 2 heterocycles. The van der Waals surface area contributed by atoms with Crippen molar-refractivity contribution in [3.63, 3.8) is 0 Å². The summed E-state index contributed by atoms with van der Waals surface area (Å²) in [5.41, 5.74) is 3.31. The maximum absolute atomic E-state index is 12.5. The minimum atomic E-state index is -0.118. The summed E-state index contributed by atoms with van der Waals surface area (Å²) >= 11 is 1.65. The number of benzene rings is 1. The number of urea groups is 1. The second-order valence-corrected chi connectivity index (χ2v) is 8.51. The monoisotopic (exact) mass is 400 g/mol. The van der Waals surface area contributed by atoms with E-state index < -0.39 is 0 Å². The van der Waals surface area contributed by atoms with E-state index in [1.807, 2.05) is 6.92 Å². The van der Waals surface area contributed by atoms with Gasteiger partial charge in [0.05, 0.1) is 16.6 Å². The van der Waals surface area contributed by atoms with E-state index in [1.165, 1.54) is 5.56 Å². The van der Waals surface area contributed by atoms with Crippen LogP contribution in [0.4, 0.5) is 4.79 Å². The van der Waals surface area contributed by atoms with Gasteiger partial charge in [0.1, 0.15) is 0 Å². The van der Waals surface area contributed by atoms with Gasteiger partial charge in [-0.2, -0.15) is 0 Å². The van der Waals surface area contributed by atoms with Gasteiger partial charge in [0.25, 0.3) is 0 Å². The molecule has 1 fully saturated rings. The number of piperidine rings is 1. The van der Waals surface area contributed by atoms with Gasteiger partial charge in [-0.3, -0.25) is 4.79 Å². The molecular weight excluding hydrogens is 372 g/mol. The van der Waals surface area contributed by atoms with Crippen LogP contribution in [0.3, 0.4) is 0 Å². The molecule has 0 spiro atoms. The molecule has 0 bridgehead atoms. The fourth-order valence-electron chi connectivity index (χ4n) is 3.46. The Hall–Kier alpha value is -2.41. The van der Waals surface area contributed by atoms with Crippen molar-refractivity contribution in [2.75, 3.05) is 33.7 Å². The minimum Gasteiger partial charge on any atom is -0.355 e. The van der Waals surface area contributed by atoms with Gasteiger partial charge >= 0.3 is 6.03 Å². The molecule has 1 aliphatic heterocycles. The van der Waals surface area contributed by atoms with Crippen molar-refractivity contribution in [2.45, 2.75) is 26.2 Å². The molecule has 1 N–H and O–H groups in total. The lowest BCUT2D eigenvalue weighted by Crippen LogP contribution is -2.48. The molecule has 0 radical (unpaired) electrons. The molecule has 1 saturated heterocycles. The van der Waals surface area contributed by atoms with Gasteiger partial charge in [-0.05, 0) is 31.7 Å². The number of nitrogens with zero attached hydrogens (tertiary/aromatic N) is 3. The van der Waals surface area contributed by atoms with Gasteiger partial charge in [0.15, 0.2) is 0 Å². The van der Waals surface area contributed by atoms with Crippen molar-refractivity contribution in [1.29, 1.82) is 0 Å². The summed E-state index contributed by atoms with van der Waals surface area (Å²) in [5, 5.41) is 6.17. The predicted octanol–water partition coefficient (Wildman–Crippen LogP) is 3.17. The number of rotatable bonds is 5. The van der Waals surface area contributed by atoms with Crippen molar-refractivity contribution in [2.24, 2.45) is 5.92 Å². The summed E-state index contributed by atoms with van der Waals surface area (Å²) in [4.78, 5) is 32.5. The molecule has 1 atom stereocenters. The molecule has 28 heavy (non-hydrogen) atoms. The van der Waals surface area contributed by atoms with Gasteiger partial charge in [-0.1, -0.05) is 24.3 Å². The van der Waals surface area contributed by atoms with E-state index in [0.717, 1.165) is 42.1 Å². The Kier molecular flexibility index (Phi) is 6.67. The molecule has 7 heteroatoms.